The van der Waals surface area contributed by atoms with E-state index >= 15 is 0 Å². The van der Waals surface area contributed by atoms with Crippen molar-refractivity contribution in [3.8, 4) is 0 Å². The van der Waals surface area contributed by atoms with Crippen molar-refractivity contribution in [2.75, 3.05) is 6.54 Å². The summed E-state index contributed by atoms with van der Waals surface area (Å²) in [5.74, 6) is -1.41. The van der Waals surface area contributed by atoms with Crippen LogP contribution < -0.4 is 5.32 Å². The first-order valence-electron chi connectivity index (χ1n) is 10.9. The molecule has 2 N–H and O–H groups in total. The Morgan fingerprint density at radius 3 is 2.52 bits per heavy atom. The summed E-state index contributed by atoms with van der Waals surface area (Å²) < 4.78 is 0. The van der Waals surface area contributed by atoms with Crippen molar-refractivity contribution in [2.24, 2.45) is 0 Å². The highest BCUT2D eigenvalue weighted by Gasteiger charge is 2.33. The zero-order valence-electron chi connectivity index (χ0n) is 17.4. The molecule has 0 bridgehead atoms. The highest BCUT2D eigenvalue weighted by molar-refractivity contribution is 5.90. The van der Waals surface area contributed by atoms with Gasteiger partial charge in [0, 0.05) is 19.4 Å². The Kier molecular flexibility index (Phi) is 9.68. The summed E-state index contributed by atoms with van der Waals surface area (Å²) in [7, 11) is 0. The van der Waals surface area contributed by atoms with Crippen LogP contribution in [0.2, 0.25) is 0 Å². The van der Waals surface area contributed by atoms with Crippen molar-refractivity contribution < 1.29 is 19.5 Å². The third kappa shape index (κ3) is 7.52. The van der Waals surface area contributed by atoms with E-state index in [1.807, 2.05) is 30.3 Å². The minimum absolute atomic E-state index is 0.0104. The van der Waals surface area contributed by atoms with Gasteiger partial charge in [0.2, 0.25) is 11.8 Å². The van der Waals surface area contributed by atoms with Gasteiger partial charge < -0.3 is 15.3 Å². The van der Waals surface area contributed by atoms with Crippen LogP contribution in [0.4, 0.5) is 0 Å². The first kappa shape index (κ1) is 22.9. The van der Waals surface area contributed by atoms with Gasteiger partial charge in [0.15, 0.2) is 0 Å². The summed E-state index contributed by atoms with van der Waals surface area (Å²) in [6, 6.07) is 7.68. The Labute approximate surface area is 173 Å². The van der Waals surface area contributed by atoms with Crippen molar-refractivity contribution in [1.82, 2.24) is 10.2 Å². The second-order valence-corrected chi connectivity index (χ2v) is 7.85. The number of carboxylic acids is 1. The van der Waals surface area contributed by atoms with Crippen molar-refractivity contribution in [2.45, 2.75) is 83.2 Å². The number of carbonyl (C=O) groups excluding carboxylic acids is 2. The van der Waals surface area contributed by atoms with Crippen LogP contribution in [0.1, 0.15) is 70.3 Å². The molecule has 2 rings (SSSR count). The maximum absolute atomic E-state index is 12.9. The molecule has 0 spiro atoms. The molecular weight excluding hydrogens is 368 g/mol. The van der Waals surface area contributed by atoms with Gasteiger partial charge in [-0.05, 0) is 31.2 Å². The molecule has 1 fully saturated rings. The van der Waals surface area contributed by atoms with Crippen LogP contribution in [0.25, 0.3) is 0 Å². The number of nitrogens with zero attached hydrogens (tertiary/aromatic N) is 1. The predicted molar refractivity (Wildman–Crippen MR) is 112 cm³/mol. The molecule has 160 valence electrons. The Bertz CT molecular complexity index is 662. The normalized spacial score (nSPS) is 17.6. The van der Waals surface area contributed by atoms with Gasteiger partial charge in [-0.2, -0.15) is 0 Å². The van der Waals surface area contributed by atoms with Crippen LogP contribution in [-0.2, 0) is 20.8 Å². The Balaban J connectivity index is 1.94. The fourth-order valence-corrected chi connectivity index (χ4v) is 3.84. The van der Waals surface area contributed by atoms with Gasteiger partial charge in [-0.3, -0.25) is 9.59 Å². The molecule has 2 atom stereocenters. The van der Waals surface area contributed by atoms with E-state index in [9.17, 15) is 19.5 Å². The van der Waals surface area contributed by atoms with Crippen molar-refractivity contribution >= 4 is 17.8 Å². The summed E-state index contributed by atoms with van der Waals surface area (Å²) in [5.41, 5.74) is 0.851. The van der Waals surface area contributed by atoms with Gasteiger partial charge >= 0.3 is 5.97 Å². The lowest BCUT2D eigenvalue weighted by molar-refractivity contribution is -0.145. The highest BCUT2D eigenvalue weighted by Crippen LogP contribution is 2.20. The Morgan fingerprint density at radius 2 is 1.83 bits per heavy atom. The fourth-order valence-electron chi connectivity index (χ4n) is 3.84. The summed E-state index contributed by atoms with van der Waals surface area (Å²) in [5, 5.41) is 12.2. The predicted octanol–water partition coefficient (Wildman–Crippen LogP) is 3.54. The lowest BCUT2D eigenvalue weighted by atomic mass is 9.99. The zero-order chi connectivity index (χ0) is 21.1. The van der Waals surface area contributed by atoms with E-state index in [0.717, 1.165) is 44.1 Å². The number of carboxylic acid groups (broad SMARTS) is 1. The van der Waals surface area contributed by atoms with E-state index in [1.54, 1.807) is 4.90 Å². The minimum atomic E-state index is -1.06. The van der Waals surface area contributed by atoms with E-state index in [2.05, 4.69) is 12.2 Å². The molecule has 2 amide bonds. The lowest BCUT2D eigenvalue weighted by Gasteiger charge is -2.35. The summed E-state index contributed by atoms with van der Waals surface area (Å²) in [6.07, 6.45) is 8.37. The van der Waals surface area contributed by atoms with Crippen molar-refractivity contribution in [3.05, 3.63) is 35.9 Å². The molecule has 1 aliphatic rings. The summed E-state index contributed by atoms with van der Waals surface area (Å²) in [6.45, 7) is 2.73. The molecule has 1 aromatic carbocycles. The third-order valence-electron chi connectivity index (χ3n) is 5.52. The van der Waals surface area contributed by atoms with Gasteiger partial charge in [0.1, 0.15) is 12.1 Å². The maximum atomic E-state index is 12.9. The van der Waals surface area contributed by atoms with Crippen molar-refractivity contribution in [1.29, 1.82) is 0 Å². The molecule has 0 radical (unpaired) electrons. The van der Waals surface area contributed by atoms with Crippen molar-refractivity contribution in [3.63, 3.8) is 0 Å². The summed E-state index contributed by atoms with van der Waals surface area (Å²) >= 11 is 0. The van der Waals surface area contributed by atoms with Gasteiger partial charge in [0.25, 0.3) is 0 Å². The number of hydrogen-bond donors (Lipinski definition) is 2. The molecule has 0 unspecified atom stereocenters. The molecule has 0 saturated carbocycles. The first-order chi connectivity index (χ1) is 14.0. The number of hydrogen-bond acceptors (Lipinski definition) is 3. The second kappa shape index (κ2) is 12.2. The van der Waals surface area contributed by atoms with Gasteiger partial charge in [-0.1, -0.05) is 62.9 Å². The smallest absolute Gasteiger partial charge is 0.326 e. The molecule has 29 heavy (non-hydrogen) atoms. The number of likely N-dealkylation sites (tertiary alicyclic amines) is 1. The minimum Gasteiger partial charge on any atom is -0.480 e. The monoisotopic (exact) mass is 402 g/mol. The number of nitrogens with one attached hydrogen (secondary N) is 1. The number of rotatable bonds is 11. The van der Waals surface area contributed by atoms with E-state index in [0.29, 0.717) is 19.4 Å². The highest BCUT2D eigenvalue weighted by atomic mass is 16.4. The lowest BCUT2D eigenvalue weighted by Crippen LogP contribution is -2.55. The first-order valence-corrected chi connectivity index (χ1v) is 10.9. The van der Waals surface area contributed by atoms with E-state index < -0.39 is 18.1 Å². The molecule has 1 saturated heterocycles. The number of unbranched alkanes of at least 4 members (excludes halogenated alkanes) is 4. The topological polar surface area (TPSA) is 86.7 Å². The molecule has 1 heterocycles. The molecule has 6 heteroatoms. The molecular formula is C23H34N2O4. The van der Waals surface area contributed by atoms with Crippen LogP contribution >= 0.6 is 0 Å². The zero-order valence-corrected chi connectivity index (χ0v) is 17.4. The molecule has 0 aromatic heterocycles. The molecule has 0 aliphatic carbocycles. The Morgan fingerprint density at radius 1 is 1.10 bits per heavy atom. The number of carbonyl (C=O) groups is 3. The van der Waals surface area contributed by atoms with Gasteiger partial charge in [-0.25, -0.2) is 4.79 Å². The van der Waals surface area contributed by atoms with Gasteiger partial charge in [0.05, 0.1) is 0 Å². The number of aliphatic carboxylic acids is 1. The second-order valence-electron chi connectivity index (χ2n) is 7.85. The average Bonchev–Trinajstić information content (AvgIpc) is 2.73. The number of amides is 2. The van der Waals surface area contributed by atoms with E-state index in [4.69, 9.17) is 0 Å². The van der Waals surface area contributed by atoms with Crippen LogP contribution in [0.15, 0.2) is 30.3 Å². The average molecular weight is 403 g/mol. The fraction of sp³-hybridized carbons (Fsp3) is 0.609. The largest absolute Gasteiger partial charge is 0.480 e. The third-order valence-corrected chi connectivity index (χ3v) is 5.52. The molecule has 1 aliphatic heterocycles. The van der Waals surface area contributed by atoms with E-state index in [-0.39, 0.29) is 18.2 Å². The maximum Gasteiger partial charge on any atom is 0.326 e. The van der Waals surface area contributed by atoms with Gasteiger partial charge in [-0.15, -0.1) is 0 Å². The number of piperidine rings is 1. The standard InChI is InChI=1S/C23H34N2O4/c1-2-3-4-5-9-15-21(26)25-16-11-10-14-20(25)22(27)24-19(23(28)29)17-18-12-7-6-8-13-18/h6-8,12-13,19-20H,2-5,9-11,14-17H2,1H3,(H,24,27)(H,28,29)/t19-,20-/m0/s1. The van der Waals surface area contributed by atoms with E-state index in [1.165, 1.54) is 6.42 Å². The van der Waals surface area contributed by atoms with Crippen LogP contribution in [0.5, 0.6) is 0 Å². The Hall–Kier alpha value is -2.37. The van der Waals surface area contributed by atoms with Crippen LogP contribution in [0, 0.1) is 0 Å². The SMILES string of the molecule is CCCCCCCC(=O)N1CCCC[C@H]1C(=O)N[C@@H](Cc1ccccc1)C(=O)O. The summed E-state index contributed by atoms with van der Waals surface area (Å²) in [4.78, 5) is 38.9. The quantitative estimate of drug-likeness (QED) is 0.554. The van der Waals surface area contributed by atoms with Crippen LogP contribution in [0.3, 0.4) is 0 Å². The number of benzene rings is 1. The van der Waals surface area contributed by atoms with Crippen LogP contribution in [-0.4, -0.2) is 46.4 Å². The molecule has 1 aromatic rings. The molecule has 6 nitrogen and oxygen atoms in total.